The predicted molar refractivity (Wildman–Crippen MR) is 269 cm³/mol. The highest BCUT2D eigenvalue weighted by Crippen LogP contribution is 2.52. The standard InChI is InChI=1S/C61H44N2O/c1-61(2)57-38-44(52-22-13-15-43-14-9-10-20-51(43)52)28-35-53(57)54-36-33-50(40-58(54)61)63(46-18-7-4-8-19-46)48-31-26-42(27-32-48)41-24-29-47(30-25-41)62(45-16-5-3-6-17-45)49-34-37-60-56(39-49)55-21-11-12-23-59(55)64-60/h3-40H,1-2H3. The summed E-state index contributed by atoms with van der Waals surface area (Å²) in [6, 6.07) is 83.3. The lowest BCUT2D eigenvalue weighted by Crippen LogP contribution is -2.16. The summed E-state index contributed by atoms with van der Waals surface area (Å²) in [7, 11) is 0. The Hall–Kier alpha value is -8.14. The van der Waals surface area contributed by atoms with Crippen molar-refractivity contribution in [3.8, 4) is 33.4 Å². The first-order valence-corrected chi connectivity index (χ1v) is 22.1. The van der Waals surface area contributed by atoms with E-state index < -0.39 is 0 Å². The average Bonchev–Trinajstić information content (AvgIpc) is 3.83. The third-order valence-corrected chi connectivity index (χ3v) is 13.3. The van der Waals surface area contributed by atoms with E-state index in [-0.39, 0.29) is 5.41 Å². The van der Waals surface area contributed by atoms with Crippen molar-refractivity contribution in [2.45, 2.75) is 19.3 Å². The van der Waals surface area contributed by atoms with E-state index in [1.165, 1.54) is 44.2 Å². The Labute approximate surface area is 373 Å². The summed E-state index contributed by atoms with van der Waals surface area (Å²) in [4.78, 5) is 4.69. The fourth-order valence-corrected chi connectivity index (χ4v) is 10.0. The maximum absolute atomic E-state index is 6.18. The second-order valence-corrected chi connectivity index (χ2v) is 17.4. The average molecular weight is 821 g/mol. The Bertz CT molecular complexity index is 3510. The van der Waals surface area contributed by atoms with Gasteiger partial charge in [-0.05, 0) is 146 Å². The second kappa shape index (κ2) is 15.0. The van der Waals surface area contributed by atoms with Crippen molar-refractivity contribution in [2.75, 3.05) is 9.80 Å². The van der Waals surface area contributed by atoms with Crippen LogP contribution in [0.25, 0.3) is 66.1 Å². The van der Waals surface area contributed by atoms with Crippen LogP contribution in [-0.4, -0.2) is 0 Å². The van der Waals surface area contributed by atoms with Gasteiger partial charge in [-0.25, -0.2) is 0 Å². The summed E-state index contributed by atoms with van der Waals surface area (Å²) in [5.74, 6) is 0. The molecule has 1 aliphatic rings. The molecule has 304 valence electrons. The van der Waals surface area contributed by atoms with Crippen LogP contribution < -0.4 is 9.80 Å². The topological polar surface area (TPSA) is 19.6 Å². The van der Waals surface area contributed by atoms with Gasteiger partial charge in [-0.15, -0.1) is 0 Å². The number of anilines is 6. The van der Waals surface area contributed by atoms with E-state index in [4.69, 9.17) is 4.42 Å². The van der Waals surface area contributed by atoms with Gasteiger partial charge in [0.25, 0.3) is 0 Å². The molecule has 3 heteroatoms. The molecule has 0 bridgehead atoms. The van der Waals surface area contributed by atoms with Gasteiger partial charge < -0.3 is 14.2 Å². The Morgan fingerprint density at radius 3 is 1.45 bits per heavy atom. The van der Waals surface area contributed by atoms with Crippen LogP contribution in [0.2, 0.25) is 0 Å². The molecule has 1 aromatic heterocycles. The molecule has 0 fully saturated rings. The molecule has 0 unspecified atom stereocenters. The molecule has 0 aliphatic heterocycles. The lowest BCUT2D eigenvalue weighted by Gasteiger charge is -2.28. The summed E-state index contributed by atoms with van der Waals surface area (Å²) >= 11 is 0. The number of furan rings is 1. The van der Waals surface area contributed by atoms with Crippen molar-refractivity contribution >= 4 is 66.8 Å². The van der Waals surface area contributed by atoms with E-state index in [1.807, 2.05) is 12.1 Å². The van der Waals surface area contributed by atoms with Crippen LogP contribution >= 0.6 is 0 Å². The predicted octanol–water partition coefficient (Wildman–Crippen LogP) is 17.3. The molecule has 3 nitrogen and oxygen atoms in total. The number of benzene rings is 10. The van der Waals surface area contributed by atoms with E-state index in [9.17, 15) is 0 Å². The molecule has 1 aliphatic carbocycles. The Morgan fingerprint density at radius 1 is 0.312 bits per heavy atom. The number of rotatable bonds is 8. The van der Waals surface area contributed by atoms with E-state index in [0.29, 0.717) is 0 Å². The van der Waals surface area contributed by atoms with Crippen molar-refractivity contribution < 1.29 is 4.42 Å². The highest BCUT2D eigenvalue weighted by Gasteiger charge is 2.36. The molecular formula is C61H44N2O. The van der Waals surface area contributed by atoms with Crippen LogP contribution in [0, 0.1) is 0 Å². The van der Waals surface area contributed by atoms with Crippen molar-refractivity contribution in [3.63, 3.8) is 0 Å². The van der Waals surface area contributed by atoms with Crippen LogP contribution in [0.3, 0.4) is 0 Å². The van der Waals surface area contributed by atoms with Gasteiger partial charge in [0.2, 0.25) is 0 Å². The lowest BCUT2D eigenvalue weighted by atomic mass is 9.81. The minimum atomic E-state index is -0.184. The number of hydrogen-bond donors (Lipinski definition) is 0. The van der Waals surface area contributed by atoms with Crippen LogP contribution in [-0.2, 0) is 5.41 Å². The molecule has 0 N–H and O–H groups in total. The monoisotopic (exact) mass is 820 g/mol. The quantitative estimate of drug-likeness (QED) is 0.152. The normalized spacial score (nSPS) is 12.7. The van der Waals surface area contributed by atoms with Gasteiger partial charge in [0.05, 0.1) is 0 Å². The summed E-state index contributed by atoms with van der Waals surface area (Å²) in [5.41, 5.74) is 18.4. The van der Waals surface area contributed by atoms with Crippen molar-refractivity contribution in [1.82, 2.24) is 0 Å². The summed E-state index contributed by atoms with van der Waals surface area (Å²) in [5, 5.41) is 4.77. The molecule has 11 aromatic rings. The number of nitrogens with zero attached hydrogens (tertiary/aromatic N) is 2. The van der Waals surface area contributed by atoms with Crippen LogP contribution in [0.15, 0.2) is 235 Å². The van der Waals surface area contributed by atoms with E-state index in [1.54, 1.807) is 0 Å². The largest absolute Gasteiger partial charge is 0.456 e. The fourth-order valence-electron chi connectivity index (χ4n) is 10.0. The minimum Gasteiger partial charge on any atom is -0.456 e. The maximum Gasteiger partial charge on any atom is 0.135 e. The fraction of sp³-hybridized carbons (Fsp3) is 0.0492. The molecular weight excluding hydrogens is 777 g/mol. The zero-order valence-electron chi connectivity index (χ0n) is 35.7. The third kappa shape index (κ3) is 6.28. The van der Waals surface area contributed by atoms with Crippen LogP contribution in [0.5, 0.6) is 0 Å². The van der Waals surface area contributed by atoms with Gasteiger partial charge in [0.15, 0.2) is 0 Å². The van der Waals surface area contributed by atoms with E-state index in [2.05, 4.69) is 242 Å². The first-order valence-electron chi connectivity index (χ1n) is 22.1. The SMILES string of the molecule is CC1(C)c2cc(-c3cccc4ccccc34)ccc2-c2ccc(N(c3ccccc3)c3ccc(-c4ccc(N(c5ccccc5)c5ccc6oc7ccccc7c6c5)cc4)cc3)cc21. The van der Waals surface area contributed by atoms with Crippen molar-refractivity contribution in [2.24, 2.45) is 0 Å². The summed E-state index contributed by atoms with van der Waals surface area (Å²) < 4.78 is 6.18. The van der Waals surface area contributed by atoms with E-state index in [0.717, 1.165) is 67.2 Å². The van der Waals surface area contributed by atoms with Crippen molar-refractivity contribution in [3.05, 3.63) is 242 Å². The molecule has 64 heavy (non-hydrogen) atoms. The molecule has 10 aromatic carbocycles. The lowest BCUT2D eigenvalue weighted by molar-refractivity contribution is 0.660. The van der Waals surface area contributed by atoms with Gasteiger partial charge in [0, 0.05) is 50.3 Å². The third-order valence-electron chi connectivity index (χ3n) is 13.3. The van der Waals surface area contributed by atoms with Gasteiger partial charge in [-0.1, -0.05) is 153 Å². The van der Waals surface area contributed by atoms with Crippen LogP contribution in [0.4, 0.5) is 34.1 Å². The minimum absolute atomic E-state index is 0.184. The summed E-state index contributed by atoms with van der Waals surface area (Å²) in [6.07, 6.45) is 0. The van der Waals surface area contributed by atoms with Crippen LogP contribution in [0.1, 0.15) is 25.0 Å². The Morgan fingerprint density at radius 2 is 0.781 bits per heavy atom. The maximum atomic E-state index is 6.18. The van der Waals surface area contributed by atoms with Gasteiger partial charge >= 0.3 is 0 Å². The molecule has 0 saturated heterocycles. The molecule has 12 rings (SSSR count). The smallest absolute Gasteiger partial charge is 0.135 e. The second-order valence-electron chi connectivity index (χ2n) is 17.4. The van der Waals surface area contributed by atoms with Gasteiger partial charge in [-0.3, -0.25) is 0 Å². The first-order chi connectivity index (χ1) is 31.5. The molecule has 0 amide bonds. The zero-order valence-corrected chi connectivity index (χ0v) is 35.7. The molecule has 1 heterocycles. The highest BCUT2D eigenvalue weighted by atomic mass is 16.3. The van der Waals surface area contributed by atoms with E-state index >= 15 is 0 Å². The number of hydrogen-bond acceptors (Lipinski definition) is 3. The van der Waals surface area contributed by atoms with Gasteiger partial charge in [-0.2, -0.15) is 0 Å². The molecule has 0 radical (unpaired) electrons. The Balaban J connectivity index is 0.868. The molecule has 0 saturated carbocycles. The molecule has 0 spiro atoms. The Kier molecular flexibility index (Phi) is 8.84. The summed E-state index contributed by atoms with van der Waals surface area (Å²) in [6.45, 7) is 4.75. The first kappa shape index (κ1) is 37.6. The van der Waals surface area contributed by atoms with Gasteiger partial charge in [0.1, 0.15) is 11.2 Å². The zero-order chi connectivity index (χ0) is 42.8. The molecule has 0 atom stereocenters. The number of fused-ring (bicyclic) bond motifs is 7. The number of para-hydroxylation sites is 3. The van der Waals surface area contributed by atoms with Crippen molar-refractivity contribution in [1.29, 1.82) is 0 Å². The highest BCUT2D eigenvalue weighted by molar-refractivity contribution is 6.06.